The largest absolute Gasteiger partial charge is 0.309 e. The highest BCUT2D eigenvalue weighted by molar-refractivity contribution is 7.19. The van der Waals surface area contributed by atoms with E-state index < -0.39 is 8.07 Å². The zero-order valence-electron chi connectivity index (χ0n) is 45.1. The highest BCUT2D eigenvalue weighted by Gasteiger charge is 2.41. The molecule has 0 radical (unpaired) electrons. The second-order valence-electron chi connectivity index (χ2n) is 21.8. The number of rotatable bonds is 9. The van der Waals surface area contributed by atoms with Crippen LogP contribution in [0.5, 0.6) is 0 Å². The van der Waals surface area contributed by atoms with E-state index in [0.717, 1.165) is 44.3 Å². The maximum Gasteiger partial charge on any atom is 0.238 e. The molecule has 0 amide bonds. The predicted molar refractivity (Wildman–Crippen MR) is 345 cm³/mol. The number of hydrogen-bond acceptors (Lipinski definition) is 3. The molecule has 12 aromatic carbocycles. The summed E-state index contributed by atoms with van der Waals surface area (Å²) in [6, 6.07) is 109. The third-order valence-corrected chi connectivity index (χ3v) is 22.3. The summed E-state index contributed by atoms with van der Waals surface area (Å²) < 4.78 is 7.06. The molecule has 1 atom stereocenters. The monoisotopic (exact) mass is 1070 g/mol. The standard InChI is InChI=1S/C76H50N6Si/c1-4-22-53(23-5-1)83(54-24-6-2-7-25-54,55-26-8-3-9-27-55)56-44-40-50(41-45-56)74-77-75(73-63-34-11-10-28-57(63)65-48-51(42-46-64(65)73)80-67-35-17-12-29-58(67)59-30-13-18-36-68(59)80)79-76(78-74)82-71-39-21-16-33-62(71)66-49-52(43-47-72(66)82)81-69-37-19-14-31-60(69)61-32-15-20-38-70(61)81/h1-49,73H. The molecule has 83 heavy (non-hydrogen) atoms. The summed E-state index contributed by atoms with van der Waals surface area (Å²) in [5, 5.41) is 12.4. The molecule has 6 nitrogen and oxygen atoms in total. The average Bonchev–Trinajstić information content (AvgIpc) is 3.06. The Labute approximate surface area is 480 Å². The van der Waals surface area contributed by atoms with Crippen LogP contribution in [0.4, 0.5) is 0 Å². The van der Waals surface area contributed by atoms with Crippen LogP contribution < -0.4 is 20.7 Å². The predicted octanol–water partition coefficient (Wildman–Crippen LogP) is 15.4. The van der Waals surface area contributed by atoms with Crippen molar-refractivity contribution in [3.63, 3.8) is 0 Å². The Morgan fingerprint density at radius 2 is 0.675 bits per heavy atom. The van der Waals surface area contributed by atoms with Gasteiger partial charge in [0.2, 0.25) is 5.95 Å². The van der Waals surface area contributed by atoms with Gasteiger partial charge in [0.25, 0.3) is 0 Å². The first kappa shape index (κ1) is 47.1. The molecule has 16 aromatic rings. The number of benzene rings is 12. The Hall–Kier alpha value is -10.7. The van der Waals surface area contributed by atoms with Crippen molar-refractivity contribution >= 4 is 94.2 Å². The summed E-state index contributed by atoms with van der Waals surface area (Å²) in [6.45, 7) is 0. The van der Waals surface area contributed by atoms with Crippen molar-refractivity contribution in [3.8, 4) is 39.8 Å². The summed E-state index contributed by atoms with van der Waals surface area (Å²) in [4.78, 5) is 16.9. The number of fused-ring (bicyclic) bond motifs is 12. The van der Waals surface area contributed by atoms with E-state index in [1.54, 1.807) is 0 Å². The highest BCUT2D eigenvalue weighted by Crippen LogP contribution is 2.49. The second kappa shape index (κ2) is 18.7. The van der Waals surface area contributed by atoms with Crippen molar-refractivity contribution in [2.24, 2.45) is 0 Å². The van der Waals surface area contributed by atoms with Crippen LogP contribution in [0.1, 0.15) is 22.9 Å². The van der Waals surface area contributed by atoms with Crippen molar-refractivity contribution in [3.05, 3.63) is 314 Å². The zero-order valence-corrected chi connectivity index (χ0v) is 46.1. The quantitative estimate of drug-likeness (QED) is 0.107. The van der Waals surface area contributed by atoms with Crippen LogP contribution in [0, 0.1) is 0 Å². The fraction of sp³-hybridized carbons (Fsp3) is 0.0132. The van der Waals surface area contributed by atoms with Crippen molar-refractivity contribution in [2.45, 2.75) is 5.92 Å². The Morgan fingerprint density at radius 3 is 1.20 bits per heavy atom. The summed E-state index contributed by atoms with van der Waals surface area (Å²) in [5.74, 6) is 1.60. The molecule has 0 aliphatic heterocycles. The zero-order chi connectivity index (χ0) is 54.6. The highest BCUT2D eigenvalue weighted by atomic mass is 28.3. The lowest BCUT2D eigenvalue weighted by Crippen LogP contribution is -2.74. The van der Waals surface area contributed by atoms with E-state index in [1.165, 1.54) is 81.0 Å². The van der Waals surface area contributed by atoms with Crippen molar-refractivity contribution in [1.29, 1.82) is 0 Å². The van der Waals surface area contributed by atoms with Gasteiger partial charge in [0, 0.05) is 49.3 Å². The molecule has 0 saturated carbocycles. The van der Waals surface area contributed by atoms with E-state index in [0.29, 0.717) is 17.6 Å². The van der Waals surface area contributed by atoms with Crippen LogP contribution >= 0.6 is 0 Å². The fourth-order valence-corrected chi connectivity index (χ4v) is 18.7. The first-order valence-electron chi connectivity index (χ1n) is 28.5. The molecule has 1 aliphatic carbocycles. The minimum absolute atomic E-state index is 0.280. The van der Waals surface area contributed by atoms with Crippen LogP contribution in [0.25, 0.3) is 105 Å². The van der Waals surface area contributed by atoms with Gasteiger partial charge in [0.05, 0.1) is 39.0 Å². The number of hydrogen-bond donors (Lipinski definition) is 0. The van der Waals surface area contributed by atoms with Crippen molar-refractivity contribution in [2.75, 3.05) is 0 Å². The normalized spacial score (nSPS) is 13.2. The van der Waals surface area contributed by atoms with Gasteiger partial charge in [-0.2, -0.15) is 9.97 Å². The first-order valence-corrected chi connectivity index (χ1v) is 30.5. The lowest BCUT2D eigenvalue weighted by molar-refractivity contribution is 0.823. The van der Waals surface area contributed by atoms with E-state index in [-0.39, 0.29) is 5.92 Å². The van der Waals surface area contributed by atoms with E-state index in [2.05, 4.69) is 311 Å². The van der Waals surface area contributed by atoms with Gasteiger partial charge in [-0.25, -0.2) is 4.98 Å². The van der Waals surface area contributed by atoms with E-state index in [9.17, 15) is 0 Å². The molecule has 0 saturated heterocycles. The Bertz CT molecular complexity index is 5010. The molecule has 1 aliphatic rings. The molecule has 1 unspecified atom stereocenters. The lowest BCUT2D eigenvalue weighted by Gasteiger charge is -2.34. The number of para-hydroxylation sites is 5. The smallest absolute Gasteiger partial charge is 0.238 e. The molecule has 17 rings (SSSR count). The molecule has 388 valence electrons. The lowest BCUT2D eigenvalue weighted by atomic mass is 9.96. The summed E-state index contributed by atoms with van der Waals surface area (Å²) in [5.41, 5.74) is 14.5. The van der Waals surface area contributed by atoms with Gasteiger partial charge in [0.1, 0.15) is 5.82 Å². The van der Waals surface area contributed by atoms with Gasteiger partial charge in [0.15, 0.2) is 13.9 Å². The van der Waals surface area contributed by atoms with Gasteiger partial charge < -0.3 is 9.13 Å². The van der Waals surface area contributed by atoms with Gasteiger partial charge in [-0.05, 0) is 104 Å². The van der Waals surface area contributed by atoms with Gasteiger partial charge in [-0.3, -0.25) is 4.57 Å². The van der Waals surface area contributed by atoms with E-state index >= 15 is 0 Å². The topological polar surface area (TPSA) is 53.5 Å². The van der Waals surface area contributed by atoms with Gasteiger partial charge in [-0.15, -0.1) is 0 Å². The number of nitrogens with zero attached hydrogens (tertiary/aromatic N) is 6. The molecule has 4 heterocycles. The Morgan fingerprint density at radius 1 is 0.277 bits per heavy atom. The van der Waals surface area contributed by atoms with Crippen LogP contribution in [-0.4, -0.2) is 36.7 Å². The maximum absolute atomic E-state index is 5.70. The van der Waals surface area contributed by atoms with Crippen LogP contribution in [0.2, 0.25) is 0 Å². The first-order chi connectivity index (χ1) is 41.2. The minimum atomic E-state index is -2.82. The summed E-state index contributed by atoms with van der Waals surface area (Å²) in [6.07, 6.45) is 0. The average molecular weight is 1080 g/mol. The molecule has 0 bridgehead atoms. The Balaban J connectivity index is 0.886. The minimum Gasteiger partial charge on any atom is -0.309 e. The molecule has 0 fully saturated rings. The van der Waals surface area contributed by atoms with Crippen LogP contribution in [-0.2, 0) is 0 Å². The SMILES string of the molecule is c1ccc([Si](c2ccccc2)(c2ccccc2)c2ccc(-c3nc(C4c5ccccc5-c5cc(-n6c7ccccc7c7ccccc76)ccc54)nc(-n4c5ccccc5c5cc(-n6c7ccccc7c7ccccc76)ccc54)n3)cc2)cc1. The number of aromatic nitrogens is 6. The van der Waals surface area contributed by atoms with Gasteiger partial charge >= 0.3 is 0 Å². The molecular formula is C76H50N6Si. The Kier molecular flexibility index (Phi) is 10.6. The fourth-order valence-electron chi connectivity index (χ4n) is 14.0. The van der Waals surface area contributed by atoms with Gasteiger partial charge in [-0.1, -0.05) is 237 Å². The summed E-state index contributed by atoms with van der Waals surface area (Å²) in [7, 11) is -2.82. The molecular weight excluding hydrogens is 1020 g/mol. The van der Waals surface area contributed by atoms with E-state index in [4.69, 9.17) is 15.0 Å². The third kappa shape index (κ3) is 7.11. The summed E-state index contributed by atoms with van der Waals surface area (Å²) >= 11 is 0. The van der Waals surface area contributed by atoms with Crippen molar-refractivity contribution in [1.82, 2.24) is 28.7 Å². The molecule has 4 aromatic heterocycles. The molecule has 0 N–H and O–H groups in total. The maximum atomic E-state index is 5.70. The third-order valence-electron chi connectivity index (χ3n) is 17.5. The van der Waals surface area contributed by atoms with Crippen molar-refractivity contribution < 1.29 is 0 Å². The molecule has 7 heteroatoms. The van der Waals surface area contributed by atoms with Crippen LogP contribution in [0.3, 0.4) is 0 Å². The molecule has 0 spiro atoms. The van der Waals surface area contributed by atoms with Crippen LogP contribution in [0.15, 0.2) is 297 Å². The van der Waals surface area contributed by atoms with E-state index in [1.807, 2.05) is 0 Å². The second-order valence-corrected chi connectivity index (χ2v) is 25.6.